The number of halogens is 4. The summed E-state index contributed by atoms with van der Waals surface area (Å²) >= 11 is 5.79. The molecule has 2 aromatic carbocycles. The smallest absolute Gasteiger partial charge is 0.416 e. The van der Waals surface area contributed by atoms with Crippen molar-refractivity contribution in [1.82, 2.24) is 0 Å². The minimum absolute atomic E-state index is 0.0534. The van der Waals surface area contributed by atoms with Gasteiger partial charge in [-0.15, -0.1) is 0 Å². The molecule has 0 saturated carbocycles. The molecule has 2 rings (SSSR count). The first-order chi connectivity index (χ1) is 10.3. The van der Waals surface area contributed by atoms with Gasteiger partial charge in [0.1, 0.15) is 5.75 Å². The maximum Gasteiger partial charge on any atom is 0.416 e. The van der Waals surface area contributed by atoms with Crippen LogP contribution in [0.5, 0.6) is 5.75 Å². The number of benzene rings is 2. The number of alkyl halides is 3. The number of carbonyl (C=O) groups is 1. The Bertz CT molecular complexity index is 674. The van der Waals surface area contributed by atoms with Crippen molar-refractivity contribution in [3.05, 3.63) is 64.7 Å². The molecule has 2 N–H and O–H groups in total. The van der Waals surface area contributed by atoms with Crippen molar-refractivity contribution in [3.8, 4) is 5.75 Å². The molecule has 0 heterocycles. The molecule has 2 aromatic rings. The fourth-order valence-electron chi connectivity index (χ4n) is 1.82. The first-order valence-electron chi connectivity index (χ1n) is 6.16. The minimum Gasteiger partial charge on any atom is -0.474 e. The summed E-state index contributed by atoms with van der Waals surface area (Å²) < 4.78 is 43.1. The van der Waals surface area contributed by atoms with Crippen LogP contribution in [0.1, 0.15) is 17.2 Å². The van der Waals surface area contributed by atoms with Gasteiger partial charge in [-0.3, -0.25) is 4.79 Å². The van der Waals surface area contributed by atoms with Gasteiger partial charge < -0.3 is 10.5 Å². The van der Waals surface area contributed by atoms with E-state index in [0.717, 1.165) is 18.2 Å². The summed E-state index contributed by atoms with van der Waals surface area (Å²) in [5.41, 5.74) is 4.85. The lowest BCUT2D eigenvalue weighted by molar-refractivity contribution is -0.137. The highest BCUT2D eigenvalue weighted by molar-refractivity contribution is 6.32. The number of ether oxygens (including phenoxy) is 1. The Morgan fingerprint density at radius 1 is 1.14 bits per heavy atom. The van der Waals surface area contributed by atoms with Crippen LogP contribution in [0.15, 0.2) is 48.5 Å². The third-order valence-electron chi connectivity index (χ3n) is 2.86. The summed E-state index contributed by atoms with van der Waals surface area (Å²) in [5.74, 6) is -0.829. The zero-order valence-electron chi connectivity index (χ0n) is 11.1. The summed E-state index contributed by atoms with van der Waals surface area (Å²) in [7, 11) is 0. The van der Waals surface area contributed by atoms with Crippen LogP contribution >= 0.6 is 11.6 Å². The highest BCUT2D eigenvalue weighted by atomic mass is 35.5. The largest absolute Gasteiger partial charge is 0.474 e. The average molecular weight is 330 g/mol. The molecule has 0 fully saturated rings. The summed E-state index contributed by atoms with van der Waals surface area (Å²) in [6, 6.07) is 11.0. The molecule has 1 atom stereocenters. The van der Waals surface area contributed by atoms with Gasteiger partial charge in [-0.2, -0.15) is 13.2 Å². The van der Waals surface area contributed by atoms with Gasteiger partial charge in [0, 0.05) is 5.56 Å². The van der Waals surface area contributed by atoms with Crippen LogP contribution in [0.2, 0.25) is 5.02 Å². The summed E-state index contributed by atoms with van der Waals surface area (Å²) in [6.45, 7) is 0. The Hall–Kier alpha value is -2.21. The van der Waals surface area contributed by atoms with Crippen molar-refractivity contribution < 1.29 is 22.7 Å². The van der Waals surface area contributed by atoms with Crippen molar-refractivity contribution in [3.63, 3.8) is 0 Å². The van der Waals surface area contributed by atoms with Gasteiger partial charge in [-0.05, 0) is 18.2 Å². The third kappa shape index (κ3) is 3.71. The van der Waals surface area contributed by atoms with Crippen molar-refractivity contribution in [2.75, 3.05) is 0 Å². The van der Waals surface area contributed by atoms with Crippen LogP contribution in [0, 0.1) is 0 Å². The van der Waals surface area contributed by atoms with E-state index in [0.29, 0.717) is 5.56 Å². The molecule has 0 spiro atoms. The van der Waals surface area contributed by atoms with Gasteiger partial charge in [-0.1, -0.05) is 41.9 Å². The van der Waals surface area contributed by atoms with Gasteiger partial charge in [0.05, 0.1) is 10.6 Å². The van der Waals surface area contributed by atoms with Gasteiger partial charge in [0.2, 0.25) is 6.10 Å². The van der Waals surface area contributed by atoms with Crippen LogP contribution in [0.25, 0.3) is 0 Å². The summed E-state index contributed by atoms with van der Waals surface area (Å²) in [6.07, 6.45) is -5.65. The number of amides is 1. The molecule has 0 saturated heterocycles. The molecule has 3 nitrogen and oxygen atoms in total. The van der Waals surface area contributed by atoms with Gasteiger partial charge in [0.25, 0.3) is 5.91 Å². The predicted molar refractivity (Wildman–Crippen MR) is 75.5 cm³/mol. The summed E-state index contributed by atoms with van der Waals surface area (Å²) in [5, 5.41) is -0.253. The normalized spacial score (nSPS) is 12.7. The van der Waals surface area contributed by atoms with Gasteiger partial charge in [-0.25, -0.2) is 0 Å². The van der Waals surface area contributed by atoms with E-state index in [4.69, 9.17) is 22.1 Å². The van der Waals surface area contributed by atoms with Gasteiger partial charge in [0.15, 0.2) is 0 Å². The fourth-order valence-corrected chi connectivity index (χ4v) is 2.04. The maximum atomic E-state index is 12.6. The van der Waals surface area contributed by atoms with E-state index in [2.05, 4.69) is 0 Å². The molecule has 0 aliphatic heterocycles. The molecule has 0 radical (unpaired) electrons. The molecule has 0 aliphatic carbocycles. The van der Waals surface area contributed by atoms with Crippen LogP contribution in [0.3, 0.4) is 0 Å². The maximum absolute atomic E-state index is 12.6. The van der Waals surface area contributed by atoms with Crippen LogP contribution in [-0.4, -0.2) is 5.91 Å². The van der Waals surface area contributed by atoms with E-state index >= 15 is 0 Å². The van der Waals surface area contributed by atoms with E-state index in [-0.39, 0.29) is 10.8 Å². The third-order valence-corrected chi connectivity index (χ3v) is 3.16. The second-order valence-electron chi connectivity index (χ2n) is 4.45. The van der Waals surface area contributed by atoms with Gasteiger partial charge >= 0.3 is 6.18 Å². The minimum atomic E-state index is -4.51. The molecule has 1 amide bonds. The van der Waals surface area contributed by atoms with Crippen molar-refractivity contribution in [2.24, 2.45) is 5.73 Å². The Labute approximate surface area is 129 Å². The molecule has 22 heavy (non-hydrogen) atoms. The SMILES string of the molecule is NC(=O)C(Oc1ccc(C(F)(F)F)cc1Cl)c1ccccc1. The standard InChI is InChI=1S/C15H11ClF3NO2/c16-11-8-10(15(17,18)19)6-7-12(11)22-13(14(20)21)9-4-2-1-3-5-9/h1-8,13H,(H2,20,21). The van der Waals surface area contributed by atoms with Crippen molar-refractivity contribution >= 4 is 17.5 Å². The van der Waals surface area contributed by atoms with Crippen LogP contribution in [0.4, 0.5) is 13.2 Å². The number of hydrogen-bond donors (Lipinski definition) is 1. The van der Waals surface area contributed by atoms with E-state index in [9.17, 15) is 18.0 Å². The van der Waals surface area contributed by atoms with Crippen molar-refractivity contribution in [2.45, 2.75) is 12.3 Å². The highest BCUT2D eigenvalue weighted by Gasteiger charge is 2.31. The number of rotatable bonds is 4. The monoisotopic (exact) mass is 329 g/mol. The first kappa shape index (κ1) is 16.2. The number of hydrogen-bond acceptors (Lipinski definition) is 2. The number of carbonyl (C=O) groups excluding carboxylic acids is 1. The second-order valence-corrected chi connectivity index (χ2v) is 4.86. The Morgan fingerprint density at radius 2 is 1.77 bits per heavy atom. The lowest BCUT2D eigenvalue weighted by atomic mass is 10.1. The topological polar surface area (TPSA) is 52.3 Å². The quantitative estimate of drug-likeness (QED) is 0.923. The average Bonchev–Trinajstić information content (AvgIpc) is 2.45. The number of nitrogens with two attached hydrogens (primary N) is 1. The van der Waals surface area contributed by atoms with E-state index in [1.165, 1.54) is 0 Å². The molecule has 0 aliphatic rings. The molecule has 1 unspecified atom stereocenters. The molecule has 116 valence electrons. The highest BCUT2D eigenvalue weighted by Crippen LogP contribution is 2.36. The van der Waals surface area contributed by atoms with E-state index in [1.54, 1.807) is 30.3 Å². The molecule has 0 bridgehead atoms. The zero-order chi connectivity index (χ0) is 16.3. The zero-order valence-corrected chi connectivity index (χ0v) is 11.9. The van der Waals surface area contributed by atoms with Crippen LogP contribution < -0.4 is 10.5 Å². The van der Waals surface area contributed by atoms with E-state index < -0.39 is 23.8 Å². The Balaban J connectivity index is 2.30. The van der Waals surface area contributed by atoms with Crippen LogP contribution in [-0.2, 0) is 11.0 Å². The predicted octanol–water partition coefficient (Wildman–Crippen LogP) is 3.96. The fraction of sp³-hybridized carbons (Fsp3) is 0.133. The lowest BCUT2D eigenvalue weighted by Gasteiger charge is -2.18. The van der Waals surface area contributed by atoms with E-state index in [1.807, 2.05) is 0 Å². The summed E-state index contributed by atoms with van der Waals surface area (Å²) in [4.78, 5) is 11.5. The second kappa shape index (κ2) is 6.27. The lowest BCUT2D eigenvalue weighted by Crippen LogP contribution is -2.26. The Kier molecular flexibility index (Phi) is 4.61. The first-order valence-corrected chi connectivity index (χ1v) is 6.54. The Morgan fingerprint density at radius 3 is 2.27 bits per heavy atom. The molecule has 7 heteroatoms. The molecule has 0 aromatic heterocycles. The molecular weight excluding hydrogens is 319 g/mol. The molecular formula is C15H11ClF3NO2. The van der Waals surface area contributed by atoms with Crippen molar-refractivity contribution in [1.29, 1.82) is 0 Å². The number of primary amides is 1.